The molecule has 1 rings (SSSR count). The number of allylic oxidation sites excluding steroid dienone is 1. The molecule has 0 aliphatic rings. The molecule has 0 fully saturated rings. The number of unbranched alkanes of at least 4 members (excludes halogenated alkanes) is 14. The average Bonchev–Trinajstić information content (AvgIpc) is 2.67. The maximum absolute atomic E-state index is 11.3. The molecule has 0 aliphatic heterocycles. The topological polar surface area (TPSA) is 54.4 Å². The first kappa shape index (κ1) is 24.9. The molecule has 1 aromatic rings. The van der Waals surface area contributed by atoms with Crippen LogP contribution in [-0.4, -0.2) is 13.0 Å². The number of benzene rings is 1. The molecule has 4 heteroatoms. The van der Waals surface area contributed by atoms with Gasteiger partial charge in [0.15, 0.2) is 0 Å². The maximum Gasteiger partial charge on any atom is 0.295 e. The predicted octanol–water partition coefficient (Wildman–Crippen LogP) is 7.82. The summed E-state index contributed by atoms with van der Waals surface area (Å²) in [5.74, 6) is 0. The average molecular weight is 409 g/mol. The van der Waals surface area contributed by atoms with Gasteiger partial charge in [-0.05, 0) is 24.5 Å². The standard InChI is InChI=1S/C24H40O3S/c1-2-3-4-5-6-7-8-9-10-11-12-13-14-15-16-17-20-23-21-18-19-22-24(23)28(25,26)27/h17-22H,2-16H2,1H3,(H,25,26,27)/b20-17+. The Hall–Kier alpha value is -1.13. The molecular weight excluding hydrogens is 368 g/mol. The summed E-state index contributed by atoms with van der Waals surface area (Å²) in [4.78, 5) is -0.0211. The lowest BCUT2D eigenvalue weighted by atomic mass is 10.0. The van der Waals surface area contributed by atoms with E-state index in [2.05, 4.69) is 6.92 Å². The summed E-state index contributed by atoms with van der Waals surface area (Å²) in [6.07, 6.45) is 23.6. The van der Waals surface area contributed by atoms with E-state index in [9.17, 15) is 13.0 Å². The van der Waals surface area contributed by atoms with E-state index in [-0.39, 0.29) is 4.90 Å². The van der Waals surface area contributed by atoms with E-state index < -0.39 is 10.1 Å². The molecule has 0 aromatic heterocycles. The van der Waals surface area contributed by atoms with Gasteiger partial charge in [0.25, 0.3) is 10.1 Å². The van der Waals surface area contributed by atoms with Crippen LogP contribution in [0.2, 0.25) is 0 Å². The third-order valence-corrected chi connectivity index (χ3v) is 6.15. The van der Waals surface area contributed by atoms with Crippen LogP contribution in [-0.2, 0) is 10.1 Å². The summed E-state index contributed by atoms with van der Waals surface area (Å²) in [5, 5.41) is 0. The zero-order valence-electron chi connectivity index (χ0n) is 17.7. The van der Waals surface area contributed by atoms with Gasteiger partial charge in [-0.1, -0.05) is 121 Å². The summed E-state index contributed by atoms with van der Waals surface area (Å²) in [5.41, 5.74) is 0.551. The van der Waals surface area contributed by atoms with Crippen molar-refractivity contribution in [2.24, 2.45) is 0 Å². The number of hydrogen-bond donors (Lipinski definition) is 1. The molecule has 3 nitrogen and oxygen atoms in total. The fourth-order valence-corrected chi connectivity index (χ4v) is 4.20. The third kappa shape index (κ3) is 12.4. The zero-order chi connectivity index (χ0) is 20.5. The molecule has 0 atom stereocenters. The Kier molecular flexibility index (Phi) is 14.0. The quantitative estimate of drug-likeness (QED) is 0.211. The third-order valence-electron chi connectivity index (χ3n) is 5.22. The Morgan fingerprint density at radius 2 is 1.21 bits per heavy atom. The Balaban J connectivity index is 1.98. The molecule has 160 valence electrons. The van der Waals surface area contributed by atoms with Crippen molar-refractivity contribution in [3.63, 3.8) is 0 Å². The second kappa shape index (κ2) is 15.8. The molecular formula is C24H40O3S. The van der Waals surface area contributed by atoms with Gasteiger partial charge in [-0.2, -0.15) is 8.42 Å². The first-order valence-corrected chi connectivity index (χ1v) is 12.7. The minimum atomic E-state index is -4.16. The van der Waals surface area contributed by atoms with E-state index in [1.54, 1.807) is 24.3 Å². The van der Waals surface area contributed by atoms with Crippen LogP contribution in [0.25, 0.3) is 6.08 Å². The normalized spacial score (nSPS) is 12.1. The highest BCUT2D eigenvalue weighted by atomic mass is 32.2. The molecule has 0 radical (unpaired) electrons. The molecule has 0 saturated heterocycles. The molecule has 0 saturated carbocycles. The maximum atomic E-state index is 11.3. The molecule has 28 heavy (non-hydrogen) atoms. The lowest BCUT2D eigenvalue weighted by Crippen LogP contribution is -2.00. The molecule has 1 N–H and O–H groups in total. The predicted molar refractivity (Wildman–Crippen MR) is 120 cm³/mol. The van der Waals surface area contributed by atoms with Crippen molar-refractivity contribution >= 4 is 16.2 Å². The highest BCUT2D eigenvalue weighted by molar-refractivity contribution is 7.85. The van der Waals surface area contributed by atoms with Gasteiger partial charge in [-0.3, -0.25) is 4.55 Å². The molecule has 0 heterocycles. The smallest absolute Gasteiger partial charge is 0.282 e. The van der Waals surface area contributed by atoms with Crippen molar-refractivity contribution in [3.05, 3.63) is 35.9 Å². The van der Waals surface area contributed by atoms with Crippen molar-refractivity contribution in [2.45, 2.75) is 108 Å². The van der Waals surface area contributed by atoms with Gasteiger partial charge in [0, 0.05) is 0 Å². The van der Waals surface area contributed by atoms with Gasteiger partial charge >= 0.3 is 0 Å². The molecule has 0 unspecified atom stereocenters. The second-order valence-electron chi connectivity index (χ2n) is 7.80. The van der Waals surface area contributed by atoms with Gasteiger partial charge in [0.2, 0.25) is 0 Å². The molecule has 0 aliphatic carbocycles. The van der Waals surface area contributed by atoms with E-state index in [4.69, 9.17) is 0 Å². The fraction of sp³-hybridized carbons (Fsp3) is 0.667. The Bertz CT molecular complexity index is 635. The van der Waals surface area contributed by atoms with Crippen LogP contribution in [0, 0.1) is 0 Å². The van der Waals surface area contributed by atoms with Crippen molar-refractivity contribution in [1.29, 1.82) is 0 Å². The highest BCUT2D eigenvalue weighted by Crippen LogP contribution is 2.17. The number of hydrogen-bond acceptors (Lipinski definition) is 2. The second-order valence-corrected chi connectivity index (χ2v) is 9.19. The van der Waals surface area contributed by atoms with Crippen LogP contribution in [0.4, 0.5) is 0 Å². The van der Waals surface area contributed by atoms with Crippen molar-refractivity contribution in [3.8, 4) is 0 Å². The van der Waals surface area contributed by atoms with Crippen LogP contribution in [0.1, 0.15) is 109 Å². The van der Waals surface area contributed by atoms with E-state index in [1.807, 2.05) is 6.08 Å². The fourth-order valence-electron chi connectivity index (χ4n) is 3.52. The first-order valence-electron chi connectivity index (χ1n) is 11.3. The largest absolute Gasteiger partial charge is 0.295 e. The summed E-state index contributed by atoms with van der Waals surface area (Å²) in [7, 11) is -4.16. The number of rotatable bonds is 17. The summed E-state index contributed by atoms with van der Waals surface area (Å²) >= 11 is 0. The van der Waals surface area contributed by atoms with Crippen LogP contribution in [0.5, 0.6) is 0 Å². The SMILES string of the molecule is CCCCCCCCCCCCCCCC/C=C/c1ccccc1S(=O)(=O)O. The van der Waals surface area contributed by atoms with Crippen molar-refractivity contribution < 1.29 is 13.0 Å². The van der Waals surface area contributed by atoms with Gasteiger partial charge < -0.3 is 0 Å². The van der Waals surface area contributed by atoms with E-state index in [0.29, 0.717) is 5.56 Å². The monoisotopic (exact) mass is 408 g/mol. The summed E-state index contributed by atoms with van der Waals surface area (Å²) in [6, 6.07) is 6.54. The highest BCUT2D eigenvalue weighted by Gasteiger charge is 2.12. The van der Waals surface area contributed by atoms with Crippen LogP contribution in [0.3, 0.4) is 0 Å². The van der Waals surface area contributed by atoms with Crippen molar-refractivity contribution in [2.75, 3.05) is 0 Å². The van der Waals surface area contributed by atoms with E-state index in [1.165, 1.54) is 89.5 Å². The van der Waals surface area contributed by atoms with Gasteiger partial charge in [0.05, 0.1) is 0 Å². The molecule has 0 amide bonds. The van der Waals surface area contributed by atoms with Crippen LogP contribution in [0.15, 0.2) is 35.2 Å². The lowest BCUT2D eigenvalue weighted by molar-refractivity contribution is 0.483. The van der Waals surface area contributed by atoms with E-state index >= 15 is 0 Å². The van der Waals surface area contributed by atoms with Gasteiger partial charge in [-0.15, -0.1) is 0 Å². The van der Waals surface area contributed by atoms with E-state index in [0.717, 1.165) is 12.8 Å². The zero-order valence-corrected chi connectivity index (χ0v) is 18.6. The van der Waals surface area contributed by atoms with Crippen LogP contribution < -0.4 is 0 Å². The Labute approximate surface area is 173 Å². The van der Waals surface area contributed by atoms with Crippen molar-refractivity contribution in [1.82, 2.24) is 0 Å². The van der Waals surface area contributed by atoms with Gasteiger partial charge in [0.1, 0.15) is 4.90 Å². The van der Waals surface area contributed by atoms with Gasteiger partial charge in [-0.25, -0.2) is 0 Å². The molecule has 1 aromatic carbocycles. The minimum Gasteiger partial charge on any atom is -0.282 e. The Morgan fingerprint density at radius 3 is 1.71 bits per heavy atom. The lowest BCUT2D eigenvalue weighted by Gasteiger charge is -2.03. The molecule has 0 bridgehead atoms. The van der Waals surface area contributed by atoms with Crippen LogP contribution >= 0.6 is 0 Å². The summed E-state index contributed by atoms with van der Waals surface area (Å²) < 4.78 is 31.9. The summed E-state index contributed by atoms with van der Waals surface area (Å²) in [6.45, 7) is 2.27. The molecule has 0 spiro atoms. The first-order chi connectivity index (χ1) is 13.6. The Morgan fingerprint density at radius 1 is 0.750 bits per heavy atom. The minimum absolute atomic E-state index is 0.0211.